The van der Waals surface area contributed by atoms with Crippen molar-refractivity contribution in [3.8, 4) is 11.5 Å². The Morgan fingerprint density at radius 3 is 2.15 bits per heavy atom. The number of nitrogens with one attached hydrogen (secondary N) is 1. The molecular weight excluding hydrogens is 434 g/mol. The molecule has 11 heteroatoms. The summed E-state index contributed by atoms with van der Waals surface area (Å²) >= 11 is 0. The number of hydrazone groups is 1. The van der Waals surface area contributed by atoms with Gasteiger partial charge in [0.2, 0.25) is 0 Å². The number of hydrogen-bond acceptors (Lipinski definition) is 11. The van der Waals surface area contributed by atoms with Crippen molar-refractivity contribution in [3.05, 3.63) is 23.4 Å². The summed E-state index contributed by atoms with van der Waals surface area (Å²) in [6.07, 6.45) is 0. The molecule has 33 heavy (non-hydrogen) atoms. The Balaban J connectivity index is 2.84. The molecule has 0 aliphatic carbocycles. The van der Waals surface area contributed by atoms with Gasteiger partial charge in [0.25, 0.3) is 0 Å². The lowest BCUT2D eigenvalue weighted by molar-refractivity contribution is -0.135. The van der Waals surface area contributed by atoms with Gasteiger partial charge >= 0.3 is 17.9 Å². The van der Waals surface area contributed by atoms with E-state index in [-0.39, 0.29) is 64.9 Å². The first-order valence-corrected chi connectivity index (χ1v) is 10.2. The van der Waals surface area contributed by atoms with Gasteiger partial charge in [0.15, 0.2) is 11.5 Å². The zero-order valence-corrected chi connectivity index (χ0v) is 19.4. The summed E-state index contributed by atoms with van der Waals surface area (Å²) in [4.78, 5) is 41.5. The minimum Gasteiger partial charge on any atom is -0.493 e. The van der Waals surface area contributed by atoms with E-state index in [0.29, 0.717) is 0 Å². The molecule has 1 heterocycles. The largest absolute Gasteiger partial charge is 0.493 e. The van der Waals surface area contributed by atoms with Crippen molar-refractivity contribution in [2.24, 2.45) is 5.10 Å². The molecule has 0 bridgehead atoms. The van der Waals surface area contributed by atoms with Crippen molar-refractivity contribution in [2.75, 3.05) is 39.5 Å². The fourth-order valence-corrected chi connectivity index (χ4v) is 2.91. The maximum absolute atomic E-state index is 12.8. The number of carbonyl (C=O) groups excluding carboxylic acids is 3. The Morgan fingerprint density at radius 2 is 1.58 bits per heavy atom. The number of anilines is 1. The SMILES string of the molecule is CCOC(=O)/C(C)=N\Nc1cc(OC)c(OC)c2nc(C(=O)OCC)cc(C(=O)OCC)c12. The van der Waals surface area contributed by atoms with Crippen LogP contribution in [0.3, 0.4) is 0 Å². The van der Waals surface area contributed by atoms with Crippen LogP contribution < -0.4 is 14.9 Å². The molecule has 0 fully saturated rings. The van der Waals surface area contributed by atoms with E-state index in [0.717, 1.165) is 0 Å². The zero-order valence-electron chi connectivity index (χ0n) is 19.4. The number of rotatable bonds is 10. The van der Waals surface area contributed by atoms with Crippen LogP contribution in [0, 0.1) is 0 Å². The molecule has 0 spiro atoms. The number of ether oxygens (including phenoxy) is 5. The quantitative estimate of drug-likeness (QED) is 0.243. The summed E-state index contributed by atoms with van der Waals surface area (Å²) < 4.78 is 26.0. The number of pyridine rings is 1. The number of benzene rings is 1. The van der Waals surface area contributed by atoms with E-state index >= 15 is 0 Å². The van der Waals surface area contributed by atoms with Crippen LogP contribution in [0.4, 0.5) is 5.69 Å². The summed E-state index contributed by atoms with van der Waals surface area (Å²) in [5.74, 6) is -1.60. The van der Waals surface area contributed by atoms with Crippen LogP contribution in [0.25, 0.3) is 10.9 Å². The molecule has 2 aromatic rings. The van der Waals surface area contributed by atoms with Crippen LogP contribution in [-0.2, 0) is 19.0 Å². The summed E-state index contributed by atoms with van der Waals surface area (Å²) in [6.45, 7) is 6.88. The monoisotopic (exact) mass is 461 g/mol. The van der Waals surface area contributed by atoms with Crippen LogP contribution in [0.1, 0.15) is 48.5 Å². The molecule has 0 saturated heterocycles. The number of esters is 3. The van der Waals surface area contributed by atoms with Gasteiger partial charge in [-0.1, -0.05) is 0 Å². The van der Waals surface area contributed by atoms with Gasteiger partial charge in [0.05, 0.1) is 45.3 Å². The molecule has 0 unspecified atom stereocenters. The van der Waals surface area contributed by atoms with Gasteiger partial charge in [-0.15, -0.1) is 0 Å². The molecular formula is C22H27N3O8. The van der Waals surface area contributed by atoms with Crippen LogP contribution in [0.2, 0.25) is 0 Å². The van der Waals surface area contributed by atoms with E-state index in [2.05, 4.69) is 15.5 Å². The van der Waals surface area contributed by atoms with Gasteiger partial charge in [-0.25, -0.2) is 19.4 Å². The van der Waals surface area contributed by atoms with Crippen molar-refractivity contribution in [1.29, 1.82) is 0 Å². The zero-order chi connectivity index (χ0) is 24.5. The number of nitrogens with zero attached hydrogens (tertiary/aromatic N) is 2. The van der Waals surface area contributed by atoms with E-state index in [1.807, 2.05) is 0 Å². The summed E-state index contributed by atoms with van der Waals surface area (Å²) in [6, 6.07) is 2.80. The normalized spacial score (nSPS) is 11.0. The second-order valence-corrected chi connectivity index (χ2v) is 6.41. The van der Waals surface area contributed by atoms with Crippen LogP contribution in [0.15, 0.2) is 17.2 Å². The maximum atomic E-state index is 12.8. The molecule has 11 nitrogen and oxygen atoms in total. The van der Waals surface area contributed by atoms with Gasteiger partial charge in [0, 0.05) is 11.5 Å². The first-order chi connectivity index (χ1) is 15.8. The van der Waals surface area contributed by atoms with E-state index in [1.165, 1.54) is 33.3 Å². The van der Waals surface area contributed by atoms with E-state index in [4.69, 9.17) is 23.7 Å². The van der Waals surface area contributed by atoms with Crippen LogP contribution in [0.5, 0.6) is 11.5 Å². The second-order valence-electron chi connectivity index (χ2n) is 6.41. The molecule has 0 aliphatic heterocycles. The second kappa shape index (κ2) is 11.7. The van der Waals surface area contributed by atoms with Crippen LogP contribution >= 0.6 is 0 Å². The first kappa shape index (κ1) is 25.4. The van der Waals surface area contributed by atoms with Gasteiger partial charge in [0.1, 0.15) is 16.9 Å². The number of fused-ring (bicyclic) bond motifs is 1. The fraction of sp³-hybridized carbons (Fsp3) is 0.409. The van der Waals surface area contributed by atoms with E-state index in [9.17, 15) is 14.4 Å². The number of methoxy groups -OCH3 is 2. The maximum Gasteiger partial charge on any atom is 0.356 e. The Bertz CT molecular complexity index is 1080. The average Bonchev–Trinajstić information content (AvgIpc) is 2.81. The molecule has 2 rings (SSSR count). The lowest BCUT2D eigenvalue weighted by Gasteiger charge is -2.17. The summed E-state index contributed by atoms with van der Waals surface area (Å²) in [5, 5.41) is 4.30. The van der Waals surface area contributed by atoms with E-state index < -0.39 is 17.9 Å². The minimum atomic E-state index is -0.722. The third-order valence-electron chi connectivity index (χ3n) is 4.32. The Kier molecular flexibility index (Phi) is 8.96. The Labute approximate surface area is 191 Å². The van der Waals surface area contributed by atoms with Gasteiger partial charge < -0.3 is 23.7 Å². The topological polar surface area (TPSA) is 135 Å². The van der Waals surface area contributed by atoms with Crippen LogP contribution in [-0.4, -0.2) is 62.6 Å². The summed E-state index contributed by atoms with van der Waals surface area (Å²) in [5.41, 5.74) is 3.11. The molecule has 0 radical (unpaired) electrons. The third kappa shape index (κ3) is 5.68. The predicted molar refractivity (Wildman–Crippen MR) is 120 cm³/mol. The molecule has 1 aromatic carbocycles. The van der Waals surface area contributed by atoms with Crippen molar-refractivity contribution < 1.29 is 38.1 Å². The Hall–Kier alpha value is -3.89. The highest BCUT2D eigenvalue weighted by Gasteiger charge is 2.25. The van der Waals surface area contributed by atoms with Crippen molar-refractivity contribution in [2.45, 2.75) is 27.7 Å². The van der Waals surface area contributed by atoms with Crippen molar-refractivity contribution >= 4 is 40.2 Å². The minimum absolute atomic E-state index is 0.0253. The highest BCUT2D eigenvalue weighted by Crippen LogP contribution is 2.41. The number of hydrogen-bond donors (Lipinski definition) is 1. The number of carbonyl (C=O) groups is 3. The smallest absolute Gasteiger partial charge is 0.356 e. The molecule has 0 atom stereocenters. The van der Waals surface area contributed by atoms with Gasteiger partial charge in [-0.05, 0) is 33.8 Å². The molecule has 0 amide bonds. The standard InChI is InChI=1S/C22H27N3O8/c1-7-31-20(26)12(4)24-25-14-11-16(29-5)19(30-6)18-17(14)13(21(27)32-8-2)10-15(23-18)22(28)33-9-3/h10-11,25H,7-9H2,1-6H3/b24-12-. The van der Waals surface area contributed by atoms with Gasteiger partial charge in [-0.2, -0.15) is 5.10 Å². The fourth-order valence-electron chi connectivity index (χ4n) is 2.91. The molecule has 0 aliphatic rings. The lowest BCUT2D eigenvalue weighted by atomic mass is 10.0. The first-order valence-electron chi connectivity index (χ1n) is 10.2. The predicted octanol–water partition coefficient (Wildman–Crippen LogP) is 2.96. The number of aromatic nitrogens is 1. The Morgan fingerprint density at radius 1 is 0.939 bits per heavy atom. The van der Waals surface area contributed by atoms with Gasteiger partial charge in [-0.3, -0.25) is 5.43 Å². The third-order valence-corrected chi connectivity index (χ3v) is 4.32. The highest BCUT2D eigenvalue weighted by atomic mass is 16.5. The van der Waals surface area contributed by atoms with E-state index in [1.54, 1.807) is 20.8 Å². The highest BCUT2D eigenvalue weighted by molar-refractivity contribution is 6.35. The van der Waals surface area contributed by atoms with Crippen molar-refractivity contribution in [1.82, 2.24) is 4.98 Å². The molecule has 1 N–H and O–H groups in total. The molecule has 178 valence electrons. The lowest BCUT2D eigenvalue weighted by Crippen LogP contribution is -2.16. The van der Waals surface area contributed by atoms with Crippen molar-refractivity contribution in [3.63, 3.8) is 0 Å². The molecule has 1 aromatic heterocycles. The molecule has 0 saturated carbocycles. The summed E-state index contributed by atoms with van der Waals surface area (Å²) in [7, 11) is 2.82. The average molecular weight is 461 g/mol.